The summed E-state index contributed by atoms with van der Waals surface area (Å²) < 4.78 is 4.84. The van der Waals surface area contributed by atoms with Crippen LogP contribution in [0, 0.1) is 0 Å². The maximum absolute atomic E-state index is 12.7. The molecule has 3 heterocycles. The minimum Gasteiger partial charge on any atom is -0.317 e. The summed E-state index contributed by atoms with van der Waals surface area (Å²) in [6.45, 7) is 8.31. The molecular weight excluding hydrogens is 282 g/mol. The zero-order valence-corrected chi connectivity index (χ0v) is 13.6. The van der Waals surface area contributed by atoms with Gasteiger partial charge in [-0.25, -0.2) is 9.78 Å². The average Bonchev–Trinajstić information content (AvgIpc) is 3.12. The summed E-state index contributed by atoms with van der Waals surface area (Å²) in [4.78, 5) is 29.7. The third kappa shape index (κ3) is 2.03. The van der Waals surface area contributed by atoms with Crippen molar-refractivity contribution >= 4 is 11.2 Å². The lowest BCUT2D eigenvalue weighted by Crippen LogP contribution is -2.38. The Hall–Kier alpha value is -1.89. The van der Waals surface area contributed by atoms with Gasteiger partial charge in [-0.15, -0.1) is 0 Å². The van der Waals surface area contributed by atoms with E-state index in [0.29, 0.717) is 17.7 Å². The summed E-state index contributed by atoms with van der Waals surface area (Å²) in [5.74, 6) is 1.08. The van der Waals surface area contributed by atoms with Gasteiger partial charge in [0.15, 0.2) is 11.2 Å². The number of imidazole rings is 1. The second kappa shape index (κ2) is 5.39. The van der Waals surface area contributed by atoms with Gasteiger partial charge in [0.05, 0.1) is 0 Å². The molecule has 0 radical (unpaired) electrons. The Morgan fingerprint density at radius 2 is 2.09 bits per heavy atom. The molecule has 1 saturated heterocycles. The van der Waals surface area contributed by atoms with Crippen LogP contribution in [-0.2, 0) is 13.6 Å². The van der Waals surface area contributed by atoms with Crippen LogP contribution >= 0.6 is 0 Å². The fraction of sp³-hybridized carbons (Fsp3) is 0.667. The molecule has 0 aliphatic carbocycles. The van der Waals surface area contributed by atoms with Gasteiger partial charge in [0.1, 0.15) is 5.82 Å². The summed E-state index contributed by atoms with van der Waals surface area (Å²) in [6, 6.07) is 0.220. The molecule has 1 atom stereocenters. The van der Waals surface area contributed by atoms with Crippen molar-refractivity contribution in [2.24, 2.45) is 7.05 Å². The highest BCUT2D eigenvalue weighted by Gasteiger charge is 2.27. The van der Waals surface area contributed by atoms with Gasteiger partial charge in [0.25, 0.3) is 5.56 Å². The lowest BCUT2D eigenvalue weighted by molar-refractivity contribution is 0.520. The maximum atomic E-state index is 12.7. The van der Waals surface area contributed by atoms with Gasteiger partial charge >= 0.3 is 5.69 Å². The molecular formula is C15H23N5O2. The number of aromatic nitrogens is 4. The Morgan fingerprint density at radius 3 is 2.64 bits per heavy atom. The Labute approximate surface area is 128 Å². The van der Waals surface area contributed by atoms with E-state index in [1.807, 2.05) is 6.92 Å². The van der Waals surface area contributed by atoms with Gasteiger partial charge in [0.2, 0.25) is 0 Å². The lowest BCUT2D eigenvalue weighted by Gasteiger charge is -2.17. The predicted molar refractivity (Wildman–Crippen MR) is 85.5 cm³/mol. The first kappa shape index (κ1) is 15.0. The van der Waals surface area contributed by atoms with Crippen molar-refractivity contribution in [2.75, 3.05) is 13.1 Å². The van der Waals surface area contributed by atoms with Crippen LogP contribution in [0.2, 0.25) is 0 Å². The van der Waals surface area contributed by atoms with Crippen molar-refractivity contribution in [3.05, 3.63) is 26.7 Å². The van der Waals surface area contributed by atoms with Gasteiger partial charge in [-0.1, -0.05) is 13.8 Å². The SMILES string of the molecule is CCn1c(=O)n(C)c(=O)c2c1nc(C(C)C)n2C1CCNC1. The maximum Gasteiger partial charge on any atom is 0.332 e. The summed E-state index contributed by atoms with van der Waals surface area (Å²) >= 11 is 0. The topological polar surface area (TPSA) is 73.8 Å². The first-order valence-electron chi connectivity index (χ1n) is 7.89. The molecule has 120 valence electrons. The zero-order chi connectivity index (χ0) is 16.0. The predicted octanol–water partition coefficient (Wildman–Crippen LogP) is 0.574. The van der Waals surface area contributed by atoms with Crippen molar-refractivity contribution in [3.63, 3.8) is 0 Å². The van der Waals surface area contributed by atoms with Gasteiger partial charge in [-0.2, -0.15) is 0 Å². The quantitative estimate of drug-likeness (QED) is 0.900. The van der Waals surface area contributed by atoms with Crippen molar-refractivity contribution in [3.8, 4) is 0 Å². The van der Waals surface area contributed by atoms with Crippen molar-refractivity contribution in [1.82, 2.24) is 24.0 Å². The van der Waals surface area contributed by atoms with Gasteiger partial charge in [-0.05, 0) is 19.9 Å². The Balaban J connectivity index is 2.46. The molecule has 0 bridgehead atoms. The third-order valence-electron chi connectivity index (χ3n) is 4.43. The molecule has 1 unspecified atom stereocenters. The molecule has 0 amide bonds. The molecule has 3 rings (SSSR count). The molecule has 1 aliphatic rings. The molecule has 0 spiro atoms. The number of hydrogen-bond donors (Lipinski definition) is 1. The third-order valence-corrected chi connectivity index (χ3v) is 4.43. The number of aryl methyl sites for hydroxylation is 1. The first-order valence-corrected chi connectivity index (χ1v) is 7.89. The molecule has 1 N–H and O–H groups in total. The smallest absolute Gasteiger partial charge is 0.317 e. The number of rotatable bonds is 3. The summed E-state index contributed by atoms with van der Waals surface area (Å²) in [6.07, 6.45) is 0.972. The van der Waals surface area contributed by atoms with Crippen molar-refractivity contribution in [2.45, 2.75) is 45.7 Å². The summed E-state index contributed by atoms with van der Waals surface area (Å²) in [5, 5.41) is 3.34. The van der Waals surface area contributed by atoms with Crippen LogP contribution in [0.25, 0.3) is 11.2 Å². The summed E-state index contributed by atoms with van der Waals surface area (Å²) in [5.41, 5.74) is 0.521. The highest BCUT2D eigenvalue weighted by atomic mass is 16.2. The number of nitrogens with one attached hydrogen (secondary N) is 1. The van der Waals surface area contributed by atoms with E-state index in [0.717, 1.165) is 25.3 Å². The van der Waals surface area contributed by atoms with Crippen LogP contribution in [0.5, 0.6) is 0 Å². The van der Waals surface area contributed by atoms with Crippen LogP contribution in [0.15, 0.2) is 9.59 Å². The number of nitrogens with zero attached hydrogens (tertiary/aromatic N) is 4. The van der Waals surface area contributed by atoms with Gasteiger partial charge in [-0.3, -0.25) is 13.9 Å². The fourth-order valence-electron chi connectivity index (χ4n) is 3.26. The minimum atomic E-state index is -0.301. The number of fused-ring (bicyclic) bond motifs is 1. The first-order chi connectivity index (χ1) is 10.5. The van der Waals surface area contributed by atoms with E-state index in [1.165, 1.54) is 11.6 Å². The standard InChI is InChI=1S/C15H23N5O2/c1-5-19-13-11(14(21)18(4)15(19)22)20(10-6-7-16-8-10)12(17-13)9(2)3/h9-10,16H,5-8H2,1-4H3. The second-order valence-corrected chi connectivity index (χ2v) is 6.20. The molecule has 0 saturated carbocycles. The van der Waals surface area contributed by atoms with Crippen LogP contribution in [0.3, 0.4) is 0 Å². The average molecular weight is 305 g/mol. The van der Waals surface area contributed by atoms with E-state index in [-0.39, 0.29) is 23.2 Å². The highest BCUT2D eigenvalue weighted by Crippen LogP contribution is 2.26. The lowest BCUT2D eigenvalue weighted by atomic mass is 10.2. The largest absolute Gasteiger partial charge is 0.332 e. The van der Waals surface area contributed by atoms with Crippen LogP contribution in [-0.4, -0.2) is 31.8 Å². The highest BCUT2D eigenvalue weighted by molar-refractivity contribution is 5.71. The monoisotopic (exact) mass is 305 g/mol. The Morgan fingerprint density at radius 1 is 1.36 bits per heavy atom. The second-order valence-electron chi connectivity index (χ2n) is 6.20. The van der Waals surface area contributed by atoms with E-state index in [4.69, 9.17) is 0 Å². The van der Waals surface area contributed by atoms with E-state index in [9.17, 15) is 9.59 Å². The molecule has 7 nitrogen and oxygen atoms in total. The van der Waals surface area contributed by atoms with E-state index in [1.54, 1.807) is 4.57 Å². The molecule has 22 heavy (non-hydrogen) atoms. The molecule has 1 fully saturated rings. The molecule has 1 aliphatic heterocycles. The Bertz CT molecular complexity index is 821. The van der Waals surface area contributed by atoms with E-state index in [2.05, 4.69) is 28.7 Å². The normalized spacial score (nSPS) is 18.7. The van der Waals surface area contributed by atoms with Crippen molar-refractivity contribution in [1.29, 1.82) is 0 Å². The van der Waals surface area contributed by atoms with E-state index >= 15 is 0 Å². The summed E-state index contributed by atoms with van der Waals surface area (Å²) in [7, 11) is 1.54. The minimum absolute atomic E-state index is 0.193. The van der Waals surface area contributed by atoms with Crippen LogP contribution in [0.1, 0.15) is 45.0 Å². The van der Waals surface area contributed by atoms with E-state index < -0.39 is 0 Å². The zero-order valence-electron chi connectivity index (χ0n) is 13.6. The molecule has 2 aromatic rings. The Kier molecular flexibility index (Phi) is 3.68. The van der Waals surface area contributed by atoms with Crippen molar-refractivity contribution < 1.29 is 0 Å². The molecule has 0 aromatic carbocycles. The van der Waals surface area contributed by atoms with Crippen LogP contribution in [0.4, 0.5) is 0 Å². The van der Waals surface area contributed by atoms with Crippen LogP contribution < -0.4 is 16.6 Å². The fourth-order valence-corrected chi connectivity index (χ4v) is 3.26. The van der Waals surface area contributed by atoms with Gasteiger partial charge in [0, 0.05) is 32.1 Å². The van der Waals surface area contributed by atoms with Gasteiger partial charge < -0.3 is 9.88 Å². The molecule has 7 heteroatoms. The molecule has 2 aromatic heterocycles. The number of hydrogen-bond acceptors (Lipinski definition) is 4.